The van der Waals surface area contributed by atoms with Crippen LogP contribution in [0, 0.1) is 17.2 Å². The molecule has 36 heavy (non-hydrogen) atoms. The minimum Gasteiger partial charge on any atom is -0.354 e. The third-order valence-corrected chi connectivity index (χ3v) is 6.95. The summed E-state index contributed by atoms with van der Waals surface area (Å²) in [5.74, 6) is 1.03. The van der Waals surface area contributed by atoms with E-state index >= 15 is 0 Å². The minimum absolute atomic E-state index is 0. The van der Waals surface area contributed by atoms with Gasteiger partial charge in [-0.2, -0.15) is 5.26 Å². The SMILES string of the molecule is C[C@@H]1CCN(C(=O)CC#N)C[C@@H]1N(C)c1ncnc2c1ccn2C(=S)Nc1ccc(CCN)cc1.Cl. The van der Waals surface area contributed by atoms with Gasteiger partial charge in [-0.25, -0.2) is 9.97 Å². The standard InChI is InChI=1S/C25H30N8OS.ClH/c1-17-9-13-32(22(34)8-12-27)15-21(17)31(2)23-20-10-14-33(24(20)29-16-28-23)25(35)30-19-5-3-18(4-6-19)7-11-26;/h3-6,10,14,16-17,21H,7-9,11,13,15,26H2,1-2H3,(H,30,35);1H/t17-,21+;/m1./s1. The lowest BCUT2D eigenvalue weighted by Gasteiger charge is -2.42. The van der Waals surface area contributed by atoms with Crippen molar-refractivity contribution in [3.05, 3.63) is 48.4 Å². The van der Waals surface area contributed by atoms with Crippen LogP contribution in [-0.2, 0) is 11.2 Å². The van der Waals surface area contributed by atoms with Crippen LogP contribution < -0.4 is 16.0 Å². The lowest BCUT2D eigenvalue weighted by Crippen LogP contribution is -2.52. The first kappa shape index (κ1) is 27.3. The van der Waals surface area contributed by atoms with Gasteiger partial charge in [0.15, 0.2) is 10.8 Å². The Hall–Kier alpha value is -3.26. The van der Waals surface area contributed by atoms with E-state index in [1.165, 1.54) is 5.56 Å². The van der Waals surface area contributed by atoms with Crippen LogP contribution in [0.4, 0.5) is 11.5 Å². The van der Waals surface area contributed by atoms with E-state index in [9.17, 15) is 4.79 Å². The second kappa shape index (κ2) is 12.1. The first-order valence-electron chi connectivity index (χ1n) is 11.7. The van der Waals surface area contributed by atoms with Crippen LogP contribution in [0.3, 0.4) is 0 Å². The zero-order valence-electron chi connectivity index (χ0n) is 20.4. The fourth-order valence-electron chi connectivity index (χ4n) is 4.60. The average Bonchev–Trinajstić information content (AvgIpc) is 3.30. The Morgan fingerprint density at radius 1 is 1.31 bits per heavy atom. The van der Waals surface area contributed by atoms with Crippen molar-refractivity contribution in [1.29, 1.82) is 5.26 Å². The third kappa shape index (κ3) is 5.75. The number of amides is 1. The predicted octanol–water partition coefficient (Wildman–Crippen LogP) is 3.19. The number of piperidine rings is 1. The highest BCUT2D eigenvalue weighted by Crippen LogP contribution is 2.30. The Kier molecular flexibility index (Phi) is 9.20. The number of halogens is 1. The van der Waals surface area contributed by atoms with E-state index in [4.69, 9.17) is 23.2 Å². The van der Waals surface area contributed by atoms with Crippen LogP contribution in [0.25, 0.3) is 11.0 Å². The summed E-state index contributed by atoms with van der Waals surface area (Å²) < 4.78 is 1.84. The Morgan fingerprint density at radius 3 is 2.75 bits per heavy atom. The number of hydrogen-bond donors (Lipinski definition) is 2. The number of benzene rings is 1. The molecule has 3 heterocycles. The Balaban J connectivity index is 0.00000361. The van der Waals surface area contributed by atoms with Crippen molar-refractivity contribution in [2.24, 2.45) is 11.7 Å². The molecule has 2 aromatic heterocycles. The largest absolute Gasteiger partial charge is 0.354 e. The number of nitriles is 1. The van der Waals surface area contributed by atoms with Gasteiger partial charge in [-0.05, 0) is 61.3 Å². The molecule has 0 bridgehead atoms. The van der Waals surface area contributed by atoms with Crippen molar-refractivity contribution in [2.75, 3.05) is 36.9 Å². The quantitative estimate of drug-likeness (QED) is 0.470. The molecule has 1 amide bonds. The summed E-state index contributed by atoms with van der Waals surface area (Å²) in [7, 11) is 2.00. The molecule has 1 aliphatic heterocycles. The number of nitrogens with zero attached hydrogens (tertiary/aromatic N) is 6. The van der Waals surface area contributed by atoms with Crippen molar-refractivity contribution in [2.45, 2.75) is 32.2 Å². The summed E-state index contributed by atoms with van der Waals surface area (Å²) in [4.78, 5) is 25.3. The highest BCUT2D eigenvalue weighted by Gasteiger charge is 2.32. The van der Waals surface area contributed by atoms with Crippen molar-refractivity contribution < 1.29 is 4.79 Å². The molecule has 1 saturated heterocycles. The summed E-state index contributed by atoms with van der Waals surface area (Å²) >= 11 is 5.68. The minimum atomic E-state index is -0.121. The first-order valence-corrected chi connectivity index (χ1v) is 12.1. The molecule has 9 nitrogen and oxygen atoms in total. The number of rotatable bonds is 6. The number of carbonyl (C=O) groups is 1. The van der Waals surface area contributed by atoms with Crippen molar-refractivity contribution in [3.63, 3.8) is 0 Å². The number of likely N-dealkylation sites (tertiary alicyclic amines) is 1. The number of fused-ring (bicyclic) bond motifs is 1. The molecule has 1 aromatic carbocycles. The smallest absolute Gasteiger partial charge is 0.236 e. The number of thiocarbonyl (C=S) groups is 1. The Labute approximate surface area is 222 Å². The Bertz CT molecular complexity index is 1260. The number of hydrogen-bond acceptors (Lipinski definition) is 7. The number of nitrogens with two attached hydrogens (primary N) is 1. The van der Waals surface area contributed by atoms with Crippen molar-refractivity contribution in [3.8, 4) is 6.07 Å². The molecule has 190 valence electrons. The first-order chi connectivity index (χ1) is 16.9. The van der Waals surface area contributed by atoms with E-state index in [0.717, 1.165) is 29.7 Å². The number of likely N-dealkylation sites (N-methyl/N-ethyl adjacent to an activating group) is 1. The Morgan fingerprint density at radius 2 is 2.06 bits per heavy atom. The lowest BCUT2D eigenvalue weighted by molar-refractivity contribution is -0.131. The van der Waals surface area contributed by atoms with Crippen LogP contribution in [-0.4, -0.2) is 63.2 Å². The van der Waals surface area contributed by atoms with Gasteiger partial charge in [0, 0.05) is 32.0 Å². The van der Waals surface area contributed by atoms with Crippen molar-refractivity contribution in [1.82, 2.24) is 19.4 Å². The normalized spacial score (nSPS) is 17.2. The molecule has 0 saturated carbocycles. The van der Waals surface area contributed by atoms with Crippen molar-refractivity contribution >= 4 is 58.2 Å². The van der Waals surface area contributed by atoms with Gasteiger partial charge >= 0.3 is 0 Å². The van der Waals surface area contributed by atoms with Gasteiger partial charge in [0.2, 0.25) is 5.91 Å². The predicted molar refractivity (Wildman–Crippen MR) is 148 cm³/mol. The maximum Gasteiger partial charge on any atom is 0.236 e. The fourth-order valence-corrected chi connectivity index (χ4v) is 4.87. The van der Waals surface area contributed by atoms with E-state index in [-0.39, 0.29) is 30.8 Å². The van der Waals surface area contributed by atoms with Gasteiger partial charge in [0.25, 0.3) is 0 Å². The van der Waals surface area contributed by atoms with Crippen LogP contribution in [0.15, 0.2) is 42.9 Å². The second-order valence-corrected chi connectivity index (χ2v) is 9.29. The van der Waals surface area contributed by atoms with Gasteiger partial charge in [-0.15, -0.1) is 12.4 Å². The molecular weight excluding hydrogens is 496 g/mol. The van der Waals surface area contributed by atoms with Gasteiger partial charge in [-0.3, -0.25) is 9.36 Å². The summed E-state index contributed by atoms with van der Waals surface area (Å²) in [5.41, 5.74) is 8.41. The van der Waals surface area contributed by atoms with Gasteiger partial charge in [0.05, 0.1) is 17.5 Å². The van der Waals surface area contributed by atoms with E-state index in [0.29, 0.717) is 36.3 Å². The topological polar surface area (TPSA) is 116 Å². The fraction of sp³-hybridized carbons (Fsp3) is 0.400. The summed E-state index contributed by atoms with van der Waals surface area (Å²) in [6, 6.07) is 12.1. The van der Waals surface area contributed by atoms with Crippen LogP contribution in [0.1, 0.15) is 25.3 Å². The average molecular weight is 527 g/mol. The lowest BCUT2D eigenvalue weighted by atomic mass is 9.92. The molecule has 3 N–H and O–H groups in total. The molecule has 0 radical (unpaired) electrons. The molecule has 0 unspecified atom stereocenters. The zero-order valence-corrected chi connectivity index (χ0v) is 22.1. The molecule has 1 fully saturated rings. The van der Waals surface area contributed by atoms with E-state index < -0.39 is 0 Å². The summed E-state index contributed by atoms with van der Waals surface area (Å²) in [5, 5.41) is 13.6. The van der Waals surface area contributed by atoms with Crippen LogP contribution in [0.2, 0.25) is 0 Å². The monoisotopic (exact) mass is 526 g/mol. The van der Waals surface area contributed by atoms with Gasteiger partial charge in [0.1, 0.15) is 18.6 Å². The maximum absolute atomic E-state index is 12.3. The zero-order chi connectivity index (χ0) is 24.9. The number of aromatic nitrogens is 3. The molecule has 3 aromatic rings. The number of carbonyl (C=O) groups excluding carboxylic acids is 1. The number of nitrogens with one attached hydrogen (secondary N) is 1. The summed E-state index contributed by atoms with van der Waals surface area (Å²) in [6.45, 7) is 4.04. The summed E-state index contributed by atoms with van der Waals surface area (Å²) in [6.07, 6.45) is 5.05. The molecule has 0 spiro atoms. The molecule has 2 atom stereocenters. The molecule has 4 rings (SSSR count). The highest BCUT2D eigenvalue weighted by atomic mass is 35.5. The van der Waals surface area contributed by atoms with Gasteiger partial charge < -0.3 is 20.9 Å². The molecular formula is C25H31ClN8OS. The molecule has 11 heteroatoms. The number of anilines is 2. The van der Waals surface area contributed by atoms with E-state index in [1.807, 2.05) is 54.2 Å². The van der Waals surface area contributed by atoms with Gasteiger partial charge in [-0.1, -0.05) is 19.1 Å². The second-order valence-electron chi connectivity index (χ2n) is 8.90. The third-order valence-electron chi connectivity index (χ3n) is 6.65. The van der Waals surface area contributed by atoms with Crippen LogP contribution >= 0.6 is 24.6 Å². The maximum atomic E-state index is 12.3. The van der Waals surface area contributed by atoms with E-state index in [2.05, 4.69) is 27.1 Å². The van der Waals surface area contributed by atoms with Crippen LogP contribution in [0.5, 0.6) is 0 Å². The highest BCUT2D eigenvalue weighted by molar-refractivity contribution is 7.80. The molecule has 1 aliphatic rings. The molecule has 0 aliphatic carbocycles. The van der Waals surface area contributed by atoms with E-state index in [1.54, 1.807) is 11.2 Å².